The quantitative estimate of drug-likeness (QED) is 0.376. The second-order valence-electron chi connectivity index (χ2n) is 5.78. The second-order valence-corrected chi connectivity index (χ2v) is 5.78. The minimum absolute atomic E-state index is 0.267. The van der Waals surface area contributed by atoms with E-state index in [2.05, 4.69) is 30.3 Å². The van der Waals surface area contributed by atoms with Crippen LogP contribution < -0.4 is 0 Å². The largest absolute Gasteiger partial charge is 0.457 e. The van der Waals surface area contributed by atoms with Gasteiger partial charge in [0, 0.05) is 0 Å². The Labute approximate surface area is 140 Å². The number of carbonyl (C=O) groups is 1. The summed E-state index contributed by atoms with van der Waals surface area (Å²) >= 11 is 0. The number of ether oxygens (including phenoxy) is 1. The molecule has 2 nitrogen and oxygen atoms in total. The monoisotopic (exact) mass is 312 g/mol. The van der Waals surface area contributed by atoms with E-state index < -0.39 is 0 Å². The molecule has 4 rings (SSSR count). The van der Waals surface area contributed by atoms with Gasteiger partial charge in [-0.1, -0.05) is 60.7 Å². The molecule has 0 bridgehead atoms. The van der Waals surface area contributed by atoms with Gasteiger partial charge in [0.2, 0.25) is 0 Å². The highest BCUT2D eigenvalue weighted by Crippen LogP contribution is 2.26. The lowest BCUT2D eigenvalue weighted by molar-refractivity contribution is 0.0474. The highest BCUT2D eigenvalue weighted by molar-refractivity contribution is 5.99. The van der Waals surface area contributed by atoms with Crippen LogP contribution in [0, 0.1) is 0 Å². The molecule has 0 spiro atoms. The smallest absolute Gasteiger partial charge is 0.338 e. The molecular weight excluding hydrogens is 296 g/mol. The van der Waals surface area contributed by atoms with E-state index in [9.17, 15) is 4.79 Å². The maximum Gasteiger partial charge on any atom is 0.338 e. The predicted molar refractivity (Wildman–Crippen MR) is 97.0 cm³/mol. The lowest BCUT2D eigenvalue weighted by Crippen LogP contribution is -2.05. The maximum absolute atomic E-state index is 12.1. The van der Waals surface area contributed by atoms with Crippen molar-refractivity contribution < 1.29 is 9.53 Å². The Morgan fingerprint density at radius 2 is 1.38 bits per heavy atom. The lowest BCUT2D eigenvalue weighted by atomic mass is 10.00. The van der Waals surface area contributed by atoms with E-state index in [0.29, 0.717) is 5.56 Å². The van der Waals surface area contributed by atoms with E-state index in [4.69, 9.17) is 4.74 Å². The van der Waals surface area contributed by atoms with Crippen LogP contribution in [0.5, 0.6) is 0 Å². The first-order valence-electron chi connectivity index (χ1n) is 7.94. The van der Waals surface area contributed by atoms with Crippen molar-refractivity contribution >= 4 is 27.5 Å². The van der Waals surface area contributed by atoms with Crippen LogP contribution in [0.25, 0.3) is 21.5 Å². The summed E-state index contributed by atoms with van der Waals surface area (Å²) in [5.41, 5.74) is 1.59. The summed E-state index contributed by atoms with van der Waals surface area (Å²) in [6, 6.07) is 27.8. The van der Waals surface area contributed by atoms with Crippen LogP contribution in [0.15, 0.2) is 84.9 Å². The molecule has 0 saturated heterocycles. The summed E-state index contributed by atoms with van der Waals surface area (Å²) in [6.45, 7) is 0.267. The molecule has 0 saturated carbocycles. The van der Waals surface area contributed by atoms with Crippen molar-refractivity contribution in [1.82, 2.24) is 0 Å². The first kappa shape index (κ1) is 14.5. The SMILES string of the molecule is O=C(OCc1cccc2cc3ccccc3cc12)c1ccccc1. The Bertz CT molecular complexity index is 1020. The van der Waals surface area contributed by atoms with Gasteiger partial charge in [-0.2, -0.15) is 0 Å². The van der Waals surface area contributed by atoms with E-state index in [-0.39, 0.29) is 12.6 Å². The first-order valence-corrected chi connectivity index (χ1v) is 7.94. The molecule has 0 heterocycles. The Kier molecular flexibility index (Phi) is 3.72. The molecule has 0 amide bonds. The molecular formula is C22H16O2. The minimum atomic E-state index is -0.298. The first-order chi connectivity index (χ1) is 11.8. The van der Waals surface area contributed by atoms with Gasteiger partial charge in [-0.3, -0.25) is 0 Å². The summed E-state index contributed by atoms with van der Waals surface area (Å²) in [6.07, 6.45) is 0. The Hall–Kier alpha value is -3.13. The second kappa shape index (κ2) is 6.17. The van der Waals surface area contributed by atoms with Crippen molar-refractivity contribution in [1.29, 1.82) is 0 Å². The molecule has 24 heavy (non-hydrogen) atoms. The molecule has 0 aromatic heterocycles. The van der Waals surface area contributed by atoms with Crippen LogP contribution >= 0.6 is 0 Å². The number of rotatable bonds is 3. The summed E-state index contributed by atoms with van der Waals surface area (Å²) in [7, 11) is 0. The van der Waals surface area contributed by atoms with Gasteiger partial charge in [0.1, 0.15) is 6.61 Å². The number of fused-ring (bicyclic) bond motifs is 2. The van der Waals surface area contributed by atoms with Gasteiger partial charge in [-0.05, 0) is 51.4 Å². The molecule has 0 N–H and O–H groups in total. The maximum atomic E-state index is 12.1. The molecule has 0 aliphatic rings. The fraction of sp³-hybridized carbons (Fsp3) is 0.0455. The van der Waals surface area contributed by atoms with E-state index >= 15 is 0 Å². The van der Waals surface area contributed by atoms with Crippen LogP contribution in [0.3, 0.4) is 0 Å². The van der Waals surface area contributed by atoms with E-state index in [1.165, 1.54) is 10.8 Å². The van der Waals surface area contributed by atoms with Crippen LogP contribution in [0.1, 0.15) is 15.9 Å². The zero-order valence-corrected chi connectivity index (χ0v) is 13.1. The third-order valence-corrected chi connectivity index (χ3v) is 4.21. The average Bonchev–Trinajstić information content (AvgIpc) is 2.65. The molecule has 4 aromatic rings. The topological polar surface area (TPSA) is 26.3 Å². The third-order valence-electron chi connectivity index (χ3n) is 4.21. The molecule has 0 radical (unpaired) electrons. The zero-order valence-electron chi connectivity index (χ0n) is 13.1. The zero-order chi connectivity index (χ0) is 16.4. The average molecular weight is 312 g/mol. The summed E-state index contributed by atoms with van der Waals surface area (Å²) < 4.78 is 5.50. The van der Waals surface area contributed by atoms with Gasteiger partial charge in [0.05, 0.1) is 5.56 Å². The van der Waals surface area contributed by atoms with Crippen LogP contribution in [-0.4, -0.2) is 5.97 Å². The molecule has 116 valence electrons. The van der Waals surface area contributed by atoms with Crippen LogP contribution in [-0.2, 0) is 11.3 Å². The molecule has 0 fully saturated rings. The van der Waals surface area contributed by atoms with Gasteiger partial charge in [0.15, 0.2) is 0 Å². The van der Waals surface area contributed by atoms with Crippen molar-refractivity contribution in [2.75, 3.05) is 0 Å². The Morgan fingerprint density at radius 1 is 0.708 bits per heavy atom. The standard InChI is InChI=1S/C22H16O2/c23-22(16-7-2-1-3-8-16)24-15-20-12-6-11-19-13-17-9-4-5-10-18(17)14-21(19)20/h1-14H,15H2. The molecule has 0 aliphatic heterocycles. The summed E-state index contributed by atoms with van der Waals surface area (Å²) in [5, 5.41) is 4.68. The summed E-state index contributed by atoms with van der Waals surface area (Å²) in [5.74, 6) is -0.298. The third kappa shape index (κ3) is 2.74. The fourth-order valence-electron chi connectivity index (χ4n) is 2.96. The molecule has 0 atom stereocenters. The van der Waals surface area contributed by atoms with E-state index in [0.717, 1.165) is 16.3 Å². The molecule has 2 heteroatoms. The van der Waals surface area contributed by atoms with Crippen LogP contribution in [0.4, 0.5) is 0 Å². The number of hydrogen-bond donors (Lipinski definition) is 0. The van der Waals surface area contributed by atoms with Gasteiger partial charge in [-0.15, -0.1) is 0 Å². The number of benzene rings is 4. The van der Waals surface area contributed by atoms with Crippen LogP contribution in [0.2, 0.25) is 0 Å². The number of esters is 1. The van der Waals surface area contributed by atoms with E-state index in [1.54, 1.807) is 12.1 Å². The van der Waals surface area contributed by atoms with Crippen molar-refractivity contribution in [3.63, 3.8) is 0 Å². The van der Waals surface area contributed by atoms with Crippen molar-refractivity contribution in [2.45, 2.75) is 6.61 Å². The van der Waals surface area contributed by atoms with Gasteiger partial charge in [-0.25, -0.2) is 4.79 Å². The predicted octanol–water partition coefficient (Wildman–Crippen LogP) is 5.35. The van der Waals surface area contributed by atoms with Gasteiger partial charge < -0.3 is 4.74 Å². The fourth-order valence-corrected chi connectivity index (χ4v) is 2.96. The normalized spacial score (nSPS) is 10.8. The van der Waals surface area contributed by atoms with Gasteiger partial charge >= 0.3 is 5.97 Å². The Balaban J connectivity index is 1.66. The van der Waals surface area contributed by atoms with Crippen molar-refractivity contribution in [3.05, 3.63) is 96.1 Å². The highest BCUT2D eigenvalue weighted by atomic mass is 16.5. The van der Waals surface area contributed by atoms with Crippen molar-refractivity contribution in [2.24, 2.45) is 0 Å². The van der Waals surface area contributed by atoms with Gasteiger partial charge in [0.25, 0.3) is 0 Å². The highest BCUT2D eigenvalue weighted by Gasteiger charge is 2.08. The molecule has 0 unspecified atom stereocenters. The minimum Gasteiger partial charge on any atom is -0.457 e. The number of hydrogen-bond acceptors (Lipinski definition) is 2. The van der Waals surface area contributed by atoms with E-state index in [1.807, 2.05) is 42.5 Å². The molecule has 4 aromatic carbocycles. The number of carbonyl (C=O) groups excluding carboxylic acids is 1. The Morgan fingerprint density at radius 3 is 2.17 bits per heavy atom. The molecule has 0 aliphatic carbocycles. The van der Waals surface area contributed by atoms with Crippen molar-refractivity contribution in [3.8, 4) is 0 Å². The lowest BCUT2D eigenvalue weighted by Gasteiger charge is -2.09. The summed E-state index contributed by atoms with van der Waals surface area (Å²) in [4.78, 5) is 12.1.